The van der Waals surface area contributed by atoms with E-state index in [1.807, 2.05) is 6.20 Å². The molecule has 2 aromatic heterocycles. The number of aromatic nitrogens is 3. The highest BCUT2D eigenvalue weighted by Crippen LogP contribution is 2.05. The highest BCUT2D eigenvalue weighted by atomic mass is 16.1. The van der Waals surface area contributed by atoms with E-state index in [1.165, 1.54) is 0 Å². The molecule has 6 nitrogen and oxygen atoms in total. The average molecular weight is 273 g/mol. The number of amides is 1. The molecule has 2 rings (SSSR count). The van der Waals surface area contributed by atoms with E-state index in [2.05, 4.69) is 27.5 Å². The first-order chi connectivity index (χ1) is 9.81. The molecule has 0 bridgehead atoms. The molecule has 0 unspecified atom stereocenters. The smallest absolute Gasteiger partial charge is 0.252 e. The number of pyridine rings is 1. The van der Waals surface area contributed by atoms with Crippen LogP contribution in [0, 0.1) is 0 Å². The van der Waals surface area contributed by atoms with E-state index >= 15 is 0 Å². The predicted molar refractivity (Wildman–Crippen MR) is 76.9 cm³/mol. The first-order valence-corrected chi connectivity index (χ1v) is 6.74. The van der Waals surface area contributed by atoms with Crippen molar-refractivity contribution in [2.24, 2.45) is 0 Å². The van der Waals surface area contributed by atoms with Crippen LogP contribution < -0.4 is 10.6 Å². The molecule has 0 spiro atoms. The van der Waals surface area contributed by atoms with Crippen LogP contribution >= 0.6 is 0 Å². The number of imidazole rings is 1. The Morgan fingerprint density at radius 1 is 1.30 bits per heavy atom. The van der Waals surface area contributed by atoms with Crippen molar-refractivity contribution < 1.29 is 4.79 Å². The summed E-state index contributed by atoms with van der Waals surface area (Å²) in [5.74, 6) is 0.636. The van der Waals surface area contributed by atoms with Crippen LogP contribution in [-0.2, 0) is 0 Å². The second kappa shape index (κ2) is 7.40. The topological polar surface area (TPSA) is 71.8 Å². The van der Waals surface area contributed by atoms with Gasteiger partial charge in [0, 0.05) is 31.7 Å². The molecule has 2 N–H and O–H groups in total. The maximum Gasteiger partial charge on any atom is 0.252 e. The summed E-state index contributed by atoms with van der Waals surface area (Å²) in [6.07, 6.45) is 7.83. The second-order valence-corrected chi connectivity index (χ2v) is 4.38. The Morgan fingerprint density at radius 3 is 2.85 bits per heavy atom. The Kier molecular flexibility index (Phi) is 5.25. The SMILES string of the molecule is CCCNCCNC(=O)c1ccc(-n2ccnc2)nc1. The predicted octanol–water partition coefficient (Wildman–Crippen LogP) is 0.997. The van der Waals surface area contributed by atoms with Crippen LogP contribution in [0.3, 0.4) is 0 Å². The Labute approximate surface area is 118 Å². The molecule has 6 heteroatoms. The Morgan fingerprint density at radius 2 is 2.20 bits per heavy atom. The summed E-state index contributed by atoms with van der Waals surface area (Å²) in [5, 5.41) is 6.08. The molecule has 0 atom stereocenters. The van der Waals surface area contributed by atoms with E-state index < -0.39 is 0 Å². The van der Waals surface area contributed by atoms with Gasteiger partial charge >= 0.3 is 0 Å². The highest BCUT2D eigenvalue weighted by molar-refractivity contribution is 5.93. The van der Waals surface area contributed by atoms with Crippen molar-refractivity contribution in [1.29, 1.82) is 0 Å². The van der Waals surface area contributed by atoms with Crippen molar-refractivity contribution in [3.63, 3.8) is 0 Å². The van der Waals surface area contributed by atoms with Gasteiger partial charge in [-0.2, -0.15) is 0 Å². The van der Waals surface area contributed by atoms with Crippen molar-refractivity contribution in [3.05, 3.63) is 42.6 Å². The largest absolute Gasteiger partial charge is 0.351 e. The lowest BCUT2D eigenvalue weighted by molar-refractivity contribution is 0.0953. The molecule has 20 heavy (non-hydrogen) atoms. The lowest BCUT2D eigenvalue weighted by atomic mass is 10.2. The number of hydrogen-bond donors (Lipinski definition) is 2. The number of nitrogens with zero attached hydrogens (tertiary/aromatic N) is 3. The molecule has 0 fully saturated rings. The van der Waals surface area contributed by atoms with Gasteiger partial charge in [0.05, 0.1) is 5.56 Å². The van der Waals surface area contributed by atoms with Crippen LogP contribution in [0.2, 0.25) is 0 Å². The van der Waals surface area contributed by atoms with Gasteiger partial charge in [-0.15, -0.1) is 0 Å². The first-order valence-electron chi connectivity index (χ1n) is 6.74. The minimum atomic E-state index is -0.104. The molecule has 0 saturated heterocycles. The molecule has 106 valence electrons. The summed E-state index contributed by atoms with van der Waals surface area (Å²) in [7, 11) is 0. The van der Waals surface area contributed by atoms with Gasteiger partial charge in [0.25, 0.3) is 5.91 Å². The van der Waals surface area contributed by atoms with E-state index in [0.29, 0.717) is 12.1 Å². The highest BCUT2D eigenvalue weighted by Gasteiger charge is 2.05. The first kappa shape index (κ1) is 14.2. The van der Waals surface area contributed by atoms with Gasteiger partial charge in [-0.05, 0) is 25.1 Å². The molecule has 0 aliphatic carbocycles. The van der Waals surface area contributed by atoms with E-state index in [9.17, 15) is 4.79 Å². The maximum atomic E-state index is 11.9. The monoisotopic (exact) mass is 273 g/mol. The molecule has 0 aliphatic heterocycles. The van der Waals surface area contributed by atoms with E-state index in [4.69, 9.17) is 0 Å². The van der Waals surface area contributed by atoms with E-state index in [1.54, 1.807) is 35.4 Å². The normalized spacial score (nSPS) is 10.4. The summed E-state index contributed by atoms with van der Waals surface area (Å²) in [4.78, 5) is 20.1. The van der Waals surface area contributed by atoms with Crippen molar-refractivity contribution in [2.75, 3.05) is 19.6 Å². The van der Waals surface area contributed by atoms with E-state index in [-0.39, 0.29) is 5.91 Å². The number of hydrogen-bond acceptors (Lipinski definition) is 4. The zero-order chi connectivity index (χ0) is 14.2. The number of nitrogens with one attached hydrogen (secondary N) is 2. The van der Waals surface area contributed by atoms with Crippen molar-refractivity contribution in [2.45, 2.75) is 13.3 Å². The minimum Gasteiger partial charge on any atom is -0.351 e. The third-order valence-electron chi connectivity index (χ3n) is 2.79. The Bertz CT molecular complexity index is 521. The number of carbonyl (C=O) groups excluding carboxylic acids is 1. The van der Waals surface area contributed by atoms with Gasteiger partial charge in [0.2, 0.25) is 0 Å². The van der Waals surface area contributed by atoms with Gasteiger partial charge in [-0.1, -0.05) is 6.92 Å². The second-order valence-electron chi connectivity index (χ2n) is 4.38. The summed E-state index contributed by atoms with van der Waals surface area (Å²) in [6.45, 7) is 4.47. The van der Waals surface area contributed by atoms with Crippen LogP contribution in [0.5, 0.6) is 0 Å². The number of rotatable bonds is 7. The Balaban J connectivity index is 1.85. The van der Waals surface area contributed by atoms with Gasteiger partial charge in [-0.3, -0.25) is 9.36 Å². The summed E-state index contributed by atoms with van der Waals surface area (Å²) < 4.78 is 1.79. The molecular formula is C14H19N5O. The molecule has 0 saturated carbocycles. The van der Waals surface area contributed by atoms with Crippen LogP contribution in [0.15, 0.2) is 37.1 Å². The third-order valence-corrected chi connectivity index (χ3v) is 2.79. The van der Waals surface area contributed by atoms with Gasteiger partial charge in [0.1, 0.15) is 12.1 Å². The number of carbonyl (C=O) groups is 1. The van der Waals surface area contributed by atoms with Gasteiger partial charge in [-0.25, -0.2) is 9.97 Å². The summed E-state index contributed by atoms with van der Waals surface area (Å²) in [5.41, 5.74) is 0.560. The molecule has 1 amide bonds. The fourth-order valence-corrected chi connectivity index (χ4v) is 1.74. The van der Waals surface area contributed by atoms with Crippen LogP contribution in [-0.4, -0.2) is 40.1 Å². The quantitative estimate of drug-likeness (QED) is 0.738. The van der Waals surface area contributed by atoms with Gasteiger partial charge < -0.3 is 10.6 Å². The molecule has 0 aliphatic rings. The van der Waals surface area contributed by atoms with Crippen molar-refractivity contribution in [3.8, 4) is 5.82 Å². The third kappa shape index (κ3) is 3.89. The molecular weight excluding hydrogens is 254 g/mol. The van der Waals surface area contributed by atoms with Gasteiger partial charge in [0.15, 0.2) is 0 Å². The Hall–Kier alpha value is -2.21. The van der Waals surface area contributed by atoms with E-state index in [0.717, 1.165) is 25.3 Å². The molecule has 0 radical (unpaired) electrons. The van der Waals surface area contributed by atoms with Crippen molar-refractivity contribution >= 4 is 5.91 Å². The fourth-order valence-electron chi connectivity index (χ4n) is 1.74. The molecule has 2 heterocycles. The lowest BCUT2D eigenvalue weighted by Gasteiger charge is -2.06. The van der Waals surface area contributed by atoms with Crippen LogP contribution in [0.4, 0.5) is 0 Å². The maximum absolute atomic E-state index is 11.9. The average Bonchev–Trinajstić information content (AvgIpc) is 3.01. The molecule has 0 aromatic carbocycles. The minimum absolute atomic E-state index is 0.104. The summed E-state index contributed by atoms with van der Waals surface area (Å²) in [6, 6.07) is 3.56. The van der Waals surface area contributed by atoms with Crippen LogP contribution in [0.25, 0.3) is 5.82 Å². The zero-order valence-corrected chi connectivity index (χ0v) is 11.5. The van der Waals surface area contributed by atoms with Crippen molar-refractivity contribution in [1.82, 2.24) is 25.2 Å². The summed E-state index contributed by atoms with van der Waals surface area (Å²) >= 11 is 0. The zero-order valence-electron chi connectivity index (χ0n) is 11.5. The fraction of sp³-hybridized carbons (Fsp3) is 0.357. The standard InChI is InChI=1S/C14H19N5O/c1-2-5-15-6-7-17-14(20)12-3-4-13(18-10-12)19-9-8-16-11-19/h3-4,8-11,15H,2,5-7H2,1H3,(H,17,20). The lowest BCUT2D eigenvalue weighted by Crippen LogP contribution is -2.32. The molecule has 2 aromatic rings. The van der Waals surface area contributed by atoms with Crippen LogP contribution in [0.1, 0.15) is 23.7 Å².